The van der Waals surface area contributed by atoms with Gasteiger partial charge in [-0.1, -0.05) is 26.5 Å². The zero-order chi connectivity index (χ0) is 13.8. The van der Waals surface area contributed by atoms with Crippen LogP contribution >= 0.6 is 0 Å². The summed E-state index contributed by atoms with van der Waals surface area (Å²) < 4.78 is 0. The molecule has 0 atom stereocenters. The fourth-order valence-corrected chi connectivity index (χ4v) is 2.25. The Kier molecular flexibility index (Phi) is 2.36. The molecule has 3 nitrogen and oxygen atoms in total. The summed E-state index contributed by atoms with van der Waals surface area (Å²) >= 11 is 0. The van der Waals surface area contributed by atoms with Crippen LogP contribution in [-0.4, -0.2) is 9.97 Å². The van der Waals surface area contributed by atoms with Crippen LogP contribution in [0.2, 0.25) is 0 Å². The number of allylic oxidation sites excluding steroid dienone is 1. The zero-order valence-corrected chi connectivity index (χ0v) is 11.8. The highest BCUT2D eigenvalue weighted by Gasteiger charge is 2.21. The van der Waals surface area contributed by atoms with Gasteiger partial charge < -0.3 is 0 Å². The highest BCUT2D eigenvalue weighted by atomic mass is 14.9. The standard InChI is InChI=1S/C16H17N3/c1-9-6-12-7-13-8-16(4,5)11(3)18-15(13)19-14(12)17-10(9)2/h6-8H,3H2,1-2,4-5H3. The summed E-state index contributed by atoms with van der Waals surface area (Å²) in [5, 5.41) is 2.13. The second kappa shape index (κ2) is 3.73. The fourth-order valence-electron chi connectivity index (χ4n) is 2.25. The van der Waals surface area contributed by atoms with Crippen molar-refractivity contribution in [3.05, 3.63) is 46.4 Å². The molecule has 0 amide bonds. The first kappa shape index (κ1) is 12.0. The molecule has 0 N–H and O–H groups in total. The lowest BCUT2D eigenvalue weighted by atomic mass is 9.87. The molecule has 1 aliphatic heterocycles. The maximum absolute atomic E-state index is 4.56. The minimum absolute atomic E-state index is 0.116. The van der Waals surface area contributed by atoms with E-state index in [0.717, 1.165) is 33.1 Å². The first-order chi connectivity index (χ1) is 8.87. The summed E-state index contributed by atoms with van der Waals surface area (Å²) in [5.41, 5.74) is 4.41. The van der Waals surface area contributed by atoms with Gasteiger partial charge >= 0.3 is 0 Å². The number of aromatic nitrogens is 2. The molecule has 19 heavy (non-hydrogen) atoms. The van der Waals surface area contributed by atoms with Crippen LogP contribution in [0.3, 0.4) is 0 Å². The fraction of sp³-hybridized carbons (Fsp3) is 0.312. The molecule has 0 fully saturated rings. The van der Waals surface area contributed by atoms with Gasteiger partial charge in [0.05, 0.1) is 0 Å². The van der Waals surface area contributed by atoms with Gasteiger partial charge in [0.1, 0.15) is 0 Å². The van der Waals surface area contributed by atoms with Gasteiger partial charge in [-0.15, -0.1) is 0 Å². The Morgan fingerprint density at radius 3 is 2.58 bits per heavy atom. The highest BCUT2D eigenvalue weighted by Crippen LogP contribution is 2.28. The molecule has 0 radical (unpaired) electrons. The van der Waals surface area contributed by atoms with Crippen LogP contribution < -0.4 is 10.7 Å². The number of rotatable bonds is 0. The maximum Gasteiger partial charge on any atom is 0.161 e. The molecular weight excluding hydrogens is 234 g/mol. The average Bonchev–Trinajstić information content (AvgIpc) is 2.30. The van der Waals surface area contributed by atoms with Crippen molar-refractivity contribution in [2.24, 2.45) is 10.4 Å². The summed E-state index contributed by atoms with van der Waals surface area (Å²) in [4.78, 5) is 13.6. The van der Waals surface area contributed by atoms with E-state index in [2.05, 4.69) is 60.5 Å². The number of hydrogen-bond donors (Lipinski definition) is 0. The van der Waals surface area contributed by atoms with E-state index in [9.17, 15) is 0 Å². The third-order valence-corrected chi connectivity index (χ3v) is 3.76. The summed E-state index contributed by atoms with van der Waals surface area (Å²) in [7, 11) is 0. The van der Waals surface area contributed by atoms with Crippen molar-refractivity contribution >= 4 is 17.1 Å². The lowest BCUT2D eigenvalue weighted by Crippen LogP contribution is -2.35. The lowest BCUT2D eigenvalue weighted by Gasteiger charge is -2.22. The van der Waals surface area contributed by atoms with Gasteiger partial charge in [-0.2, -0.15) is 0 Å². The second-order valence-electron chi connectivity index (χ2n) is 5.76. The maximum atomic E-state index is 4.56. The first-order valence-electron chi connectivity index (χ1n) is 6.43. The van der Waals surface area contributed by atoms with Crippen LogP contribution in [0.15, 0.2) is 29.4 Å². The molecule has 3 heteroatoms. The molecular formula is C16H17N3. The number of nitrogens with zero attached hydrogens (tertiary/aromatic N) is 3. The molecule has 2 aromatic heterocycles. The Balaban J connectivity index is 2.43. The van der Waals surface area contributed by atoms with Gasteiger partial charge in [0.25, 0.3) is 0 Å². The molecule has 0 bridgehead atoms. The summed E-state index contributed by atoms with van der Waals surface area (Å²) in [6.07, 6.45) is 2.18. The van der Waals surface area contributed by atoms with Crippen molar-refractivity contribution in [2.45, 2.75) is 27.7 Å². The molecule has 0 saturated heterocycles. The number of aryl methyl sites for hydroxylation is 2. The largest absolute Gasteiger partial charge is 0.233 e. The minimum atomic E-state index is -0.116. The van der Waals surface area contributed by atoms with E-state index in [0.29, 0.717) is 0 Å². The van der Waals surface area contributed by atoms with Gasteiger partial charge in [-0.05, 0) is 31.5 Å². The Labute approximate surface area is 112 Å². The van der Waals surface area contributed by atoms with E-state index in [-0.39, 0.29) is 5.41 Å². The van der Waals surface area contributed by atoms with Crippen LogP contribution in [-0.2, 0) is 0 Å². The molecule has 0 aromatic carbocycles. The molecule has 2 aromatic rings. The third kappa shape index (κ3) is 1.86. The quantitative estimate of drug-likeness (QED) is 0.720. The molecule has 3 rings (SSSR count). The minimum Gasteiger partial charge on any atom is -0.233 e. The Hall–Kier alpha value is -2.03. The number of hydrogen-bond acceptors (Lipinski definition) is 3. The smallest absolute Gasteiger partial charge is 0.161 e. The van der Waals surface area contributed by atoms with E-state index in [4.69, 9.17) is 0 Å². The predicted molar refractivity (Wildman–Crippen MR) is 77.2 cm³/mol. The first-order valence-corrected chi connectivity index (χ1v) is 6.43. The predicted octanol–water partition coefficient (Wildman–Crippen LogP) is 2.20. The van der Waals surface area contributed by atoms with Crippen molar-refractivity contribution < 1.29 is 0 Å². The van der Waals surface area contributed by atoms with Crippen LogP contribution in [0.4, 0.5) is 0 Å². The number of pyridine rings is 2. The van der Waals surface area contributed by atoms with Crippen molar-refractivity contribution in [2.75, 3.05) is 0 Å². The molecule has 0 aliphatic carbocycles. The Morgan fingerprint density at radius 1 is 1.11 bits per heavy atom. The molecule has 0 spiro atoms. The van der Waals surface area contributed by atoms with Crippen LogP contribution in [0.25, 0.3) is 17.1 Å². The van der Waals surface area contributed by atoms with Crippen LogP contribution in [0.1, 0.15) is 25.1 Å². The van der Waals surface area contributed by atoms with Gasteiger partial charge in [0, 0.05) is 27.4 Å². The van der Waals surface area contributed by atoms with Crippen LogP contribution in [0.5, 0.6) is 0 Å². The topological polar surface area (TPSA) is 38.1 Å². The lowest BCUT2D eigenvalue weighted by molar-refractivity contribution is 0.599. The van der Waals surface area contributed by atoms with E-state index < -0.39 is 0 Å². The molecule has 3 heterocycles. The SMILES string of the molecule is C=C1N=c2nc3nc(C)c(C)cc3cc2=CC1(C)C. The summed E-state index contributed by atoms with van der Waals surface area (Å²) in [5.74, 6) is 0. The van der Waals surface area contributed by atoms with Gasteiger partial charge in [-0.25, -0.2) is 15.0 Å². The molecule has 1 aliphatic rings. The van der Waals surface area contributed by atoms with E-state index >= 15 is 0 Å². The van der Waals surface area contributed by atoms with Crippen molar-refractivity contribution in [3.8, 4) is 0 Å². The summed E-state index contributed by atoms with van der Waals surface area (Å²) in [6, 6.07) is 4.25. The van der Waals surface area contributed by atoms with E-state index in [1.54, 1.807) is 0 Å². The third-order valence-electron chi connectivity index (χ3n) is 3.76. The van der Waals surface area contributed by atoms with Crippen molar-refractivity contribution in [3.63, 3.8) is 0 Å². The molecule has 0 unspecified atom stereocenters. The molecule has 0 saturated carbocycles. The van der Waals surface area contributed by atoms with Crippen molar-refractivity contribution in [1.29, 1.82) is 0 Å². The normalized spacial score (nSPS) is 16.7. The van der Waals surface area contributed by atoms with Crippen molar-refractivity contribution in [1.82, 2.24) is 9.97 Å². The average molecular weight is 251 g/mol. The monoisotopic (exact) mass is 251 g/mol. The Bertz CT molecular complexity index is 829. The highest BCUT2D eigenvalue weighted by molar-refractivity contribution is 5.75. The zero-order valence-electron chi connectivity index (χ0n) is 11.8. The van der Waals surface area contributed by atoms with Gasteiger partial charge in [0.15, 0.2) is 11.1 Å². The second-order valence-corrected chi connectivity index (χ2v) is 5.76. The summed E-state index contributed by atoms with van der Waals surface area (Å²) in [6.45, 7) is 12.3. The Morgan fingerprint density at radius 2 is 1.84 bits per heavy atom. The van der Waals surface area contributed by atoms with Crippen LogP contribution in [0, 0.1) is 19.3 Å². The van der Waals surface area contributed by atoms with E-state index in [1.807, 2.05) is 6.92 Å². The van der Waals surface area contributed by atoms with Gasteiger partial charge in [-0.3, -0.25) is 0 Å². The van der Waals surface area contributed by atoms with E-state index in [1.165, 1.54) is 5.56 Å². The number of fused-ring (bicyclic) bond motifs is 2. The molecule has 96 valence electrons. The van der Waals surface area contributed by atoms with Gasteiger partial charge in [0.2, 0.25) is 0 Å².